The zero-order valence-corrected chi connectivity index (χ0v) is 25.0. The molecular weight excluding hydrogens is 569 g/mol. The molecule has 8 aromatic rings. The van der Waals surface area contributed by atoms with Crippen molar-refractivity contribution < 1.29 is 0 Å². The molecule has 0 radical (unpaired) electrons. The summed E-state index contributed by atoms with van der Waals surface area (Å²) in [5.41, 5.74) is 5.31. The van der Waals surface area contributed by atoms with E-state index < -0.39 is 0 Å². The Kier molecular flexibility index (Phi) is 6.03. The van der Waals surface area contributed by atoms with Crippen molar-refractivity contribution >= 4 is 65.5 Å². The molecule has 0 spiro atoms. The van der Waals surface area contributed by atoms with E-state index >= 15 is 0 Å². The summed E-state index contributed by atoms with van der Waals surface area (Å²) in [6.45, 7) is 0. The highest BCUT2D eigenvalue weighted by molar-refractivity contribution is 7.21. The van der Waals surface area contributed by atoms with Gasteiger partial charge in [0.25, 0.3) is 0 Å². The van der Waals surface area contributed by atoms with E-state index in [-0.39, 0.29) is 6.17 Å². The Morgan fingerprint density at radius 3 is 2.11 bits per heavy atom. The van der Waals surface area contributed by atoms with Crippen LogP contribution in [0.15, 0.2) is 156 Å². The molecule has 1 N–H and O–H groups in total. The van der Waals surface area contributed by atoms with Crippen LogP contribution >= 0.6 is 11.3 Å². The lowest BCUT2D eigenvalue weighted by atomic mass is 9.98. The van der Waals surface area contributed by atoms with E-state index in [1.807, 2.05) is 36.4 Å². The number of thiazole rings is 1. The van der Waals surface area contributed by atoms with Gasteiger partial charge in [-0.2, -0.15) is 0 Å². The van der Waals surface area contributed by atoms with Crippen molar-refractivity contribution in [3.05, 3.63) is 162 Å². The summed E-state index contributed by atoms with van der Waals surface area (Å²) in [6, 6.07) is 51.0. The van der Waals surface area contributed by atoms with E-state index in [0.29, 0.717) is 0 Å². The van der Waals surface area contributed by atoms with Crippen molar-refractivity contribution in [2.75, 3.05) is 0 Å². The third-order valence-electron chi connectivity index (χ3n) is 8.52. The molecule has 1 atom stereocenters. The average molecular weight is 595 g/mol. The lowest BCUT2D eigenvalue weighted by Crippen LogP contribution is -2.33. The summed E-state index contributed by atoms with van der Waals surface area (Å²) in [4.78, 5) is 15.2. The van der Waals surface area contributed by atoms with E-state index in [1.165, 1.54) is 31.6 Å². The van der Waals surface area contributed by atoms with Gasteiger partial charge >= 0.3 is 0 Å². The molecule has 4 nitrogen and oxygen atoms in total. The average Bonchev–Trinajstić information content (AvgIpc) is 3.56. The number of aromatic nitrogens is 1. The first kappa shape index (κ1) is 25.8. The predicted molar refractivity (Wildman–Crippen MR) is 189 cm³/mol. The van der Waals surface area contributed by atoms with Gasteiger partial charge in [-0.05, 0) is 50.7 Å². The third-order valence-corrected chi connectivity index (χ3v) is 9.59. The summed E-state index contributed by atoms with van der Waals surface area (Å²) in [6.07, 6.45) is -0.232. The van der Waals surface area contributed by atoms with Gasteiger partial charge in [-0.25, -0.2) is 15.0 Å². The van der Waals surface area contributed by atoms with Crippen molar-refractivity contribution in [2.24, 2.45) is 9.98 Å². The zero-order valence-electron chi connectivity index (χ0n) is 24.2. The van der Waals surface area contributed by atoms with Crippen LogP contribution in [0.3, 0.4) is 0 Å². The summed E-state index contributed by atoms with van der Waals surface area (Å²) >= 11 is 1.75. The molecule has 0 saturated carbocycles. The summed E-state index contributed by atoms with van der Waals surface area (Å²) < 4.78 is 1.19. The van der Waals surface area contributed by atoms with Gasteiger partial charge in [-0.15, -0.1) is 11.3 Å². The normalized spacial score (nSPS) is 14.9. The fourth-order valence-corrected chi connectivity index (χ4v) is 7.22. The maximum atomic E-state index is 5.23. The smallest absolute Gasteiger partial charge is 0.159 e. The molecule has 0 saturated heterocycles. The molecule has 5 heteroatoms. The quantitative estimate of drug-likeness (QED) is 0.206. The molecule has 1 aliphatic heterocycles. The molecule has 2 heterocycles. The van der Waals surface area contributed by atoms with Gasteiger partial charge in [0.1, 0.15) is 17.0 Å². The molecule has 1 aliphatic rings. The minimum atomic E-state index is -0.232. The Labute approximate surface area is 264 Å². The summed E-state index contributed by atoms with van der Waals surface area (Å²) in [5.74, 6) is 1.53. The first-order valence-electron chi connectivity index (χ1n) is 15.1. The molecule has 0 fully saturated rings. The molecule has 9 rings (SSSR count). The Bertz CT molecular complexity index is 2460. The summed E-state index contributed by atoms with van der Waals surface area (Å²) in [7, 11) is 0. The number of hydrogen-bond acceptors (Lipinski definition) is 5. The maximum Gasteiger partial charge on any atom is 0.159 e. The fraction of sp³-hybridized carbons (Fsp3) is 0.0250. The van der Waals surface area contributed by atoms with Crippen LogP contribution in [0.2, 0.25) is 0 Å². The van der Waals surface area contributed by atoms with Gasteiger partial charge in [0.2, 0.25) is 0 Å². The molecule has 45 heavy (non-hydrogen) atoms. The minimum Gasteiger partial charge on any atom is -0.344 e. The number of benzene rings is 7. The molecule has 212 valence electrons. The van der Waals surface area contributed by atoms with Gasteiger partial charge in [-0.3, -0.25) is 0 Å². The van der Waals surface area contributed by atoms with Crippen LogP contribution in [0.4, 0.5) is 0 Å². The molecule has 1 unspecified atom stereocenters. The van der Waals surface area contributed by atoms with Crippen molar-refractivity contribution in [1.82, 2.24) is 10.3 Å². The Balaban J connectivity index is 1.16. The minimum absolute atomic E-state index is 0.232. The van der Waals surface area contributed by atoms with Crippen molar-refractivity contribution in [2.45, 2.75) is 6.17 Å². The fourth-order valence-electron chi connectivity index (χ4n) is 6.25. The second-order valence-corrected chi connectivity index (χ2v) is 12.4. The van der Waals surface area contributed by atoms with E-state index in [4.69, 9.17) is 15.0 Å². The van der Waals surface area contributed by atoms with Crippen molar-refractivity contribution in [3.63, 3.8) is 0 Å². The van der Waals surface area contributed by atoms with Crippen LogP contribution in [-0.2, 0) is 0 Å². The van der Waals surface area contributed by atoms with Gasteiger partial charge < -0.3 is 5.32 Å². The first-order valence-corrected chi connectivity index (χ1v) is 15.9. The van der Waals surface area contributed by atoms with Crippen LogP contribution < -0.4 is 5.32 Å². The van der Waals surface area contributed by atoms with Gasteiger partial charge in [0.05, 0.1) is 10.2 Å². The van der Waals surface area contributed by atoms with Crippen LogP contribution in [0.5, 0.6) is 0 Å². The van der Waals surface area contributed by atoms with Crippen molar-refractivity contribution in [1.29, 1.82) is 0 Å². The number of rotatable bonds is 4. The molecule has 0 amide bonds. The monoisotopic (exact) mass is 594 g/mol. The SMILES string of the molecule is c1ccc(C2=NC(c3ccccc3)NC(c3ccc4c(ccc5ccc6sc(-c7ccc8ccccc8c7)nc6c54)c3)=N2)cc1. The highest BCUT2D eigenvalue weighted by atomic mass is 32.1. The van der Waals surface area contributed by atoms with E-state index in [1.54, 1.807) is 11.3 Å². The molecule has 1 aromatic heterocycles. The molecule has 0 bridgehead atoms. The highest BCUT2D eigenvalue weighted by Gasteiger charge is 2.21. The van der Waals surface area contributed by atoms with Crippen LogP contribution in [0.1, 0.15) is 22.9 Å². The number of hydrogen-bond donors (Lipinski definition) is 1. The number of aliphatic imine (C=N–C) groups is 2. The molecule has 7 aromatic carbocycles. The highest BCUT2D eigenvalue weighted by Crippen LogP contribution is 2.38. The first-order chi connectivity index (χ1) is 22.3. The van der Waals surface area contributed by atoms with Crippen LogP contribution in [0.25, 0.3) is 53.1 Å². The number of fused-ring (bicyclic) bond motifs is 6. The topological polar surface area (TPSA) is 49.6 Å². The third kappa shape index (κ3) is 4.57. The number of amidine groups is 2. The van der Waals surface area contributed by atoms with Gasteiger partial charge in [-0.1, -0.05) is 127 Å². The second-order valence-electron chi connectivity index (χ2n) is 11.3. The summed E-state index contributed by atoms with van der Waals surface area (Å²) in [5, 5.41) is 11.8. The Hall–Kier alpha value is -5.65. The predicted octanol–water partition coefficient (Wildman–Crippen LogP) is 9.92. The van der Waals surface area contributed by atoms with E-state index in [0.717, 1.165) is 49.8 Å². The van der Waals surface area contributed by atoms with E-state index in [9.17, 15) is 0 Å². The molecule has 0 aliphatic carbocycles. The number of nitrogens with one attached hydrogen (secondary N) is 1. The maximum absolute atomic E-state index is 5.23. The largest absolute Gasteiger partial charge is 0.344 e. The lowest BCUT2D eigenvalue weighted by molar-refractivity contribution is 0.674. The van der Waals surface area contributed by atoms with E-state index in [2.05, 4.69) is 115 Å². The van der Waals surface area contributed by atoms with Crippen LogP contribution in [0, 0.1) is 0 Å². The Morgan fingerprint density at radius 1 is 0.556 bits per heavy atom. The Morgan fingerprint density at radius 2 is 1.24 bits per heavy atom. The second kappa shape index (κ2) is 10.5. The van der Waals surface area contributed by atoms with Gasteiger partial charge in [0, 0.05) is 22.1 Å². The van der Waals surface area contributed by atoms with Crippen molar-refractivity contribution in [3.8, 4) is 10.6 Å². The number of nitrogens with zero attached hydrogens (tertiary/aromatic N) is 3. The van der Waals surface area contributed by atoms with Gasteiger partial charge in [0.15, 0.2) is 5.84 Å². The zero-order chi connectivity index (χ0) is 29.7. The standard InChI is InChI=1S/C40H26N4S/c1-3-10-27(11-4-1)37-42-38(28-12-5-2-6-13-28)44-39(43-37)31-19-21-33-30(24-31)17-16-26-20-22-34-36(35(26)33)41-40(45-34)32-18-15-25-9-7-8-14-29(25)23-32/h1-24,37H,(H,42,43,44). The lowest BCUT2D eigenvalue weighted by Gasteiger charge is -2.24. The van der Waals surface area contributed by atoms with Crippen LogP contribution in [-0.4, -0.2) is 16.7 Å². The molecular formula is C40H26N4S.